The van der Waals surface area contributed by atoms with E-state index >= 15 is 4.39 Å². The lowest BCUT2D eigenvalue weighted by Crippen LogP contribution is -2.60. The van der Waals surface area contributed by atoms with Crippen LogP contribution in [0.5, 0.6) is 0 Å². The van der Waals surface area contributed by atoms with Gasteiger partial charge in [-0.1, -0.05) is 18.6 Å². The average Bonchev–Trinajstić information content (AvgIpc) is 3.69. The fourth-order valence-electron chi connectivity index (χ4n) is 6.84. The number of halogens is 4. The first kappa shape index (κ1) is 31.6. The van der Waals surface area contributed by atoms with Crippen molar-refractivity contribution in [2.75, 3.05) is 38.0 Å². The molecule has 3 heterocycles. The highest BCUT2D eigenvalue weighted by Crippen LogP contribution is 2.53. The number of amides is 1. The summed E-state index contributed by atoms with van der Waals surface area (Å²) in [6.07, 6.45) is 5.48. The van der Waals surface area contributed by atoms with Crippen LogP contribution in [0.4, 0.5) is 23.2 Å². The summed E-state index contributed by atoms with van der Waals surface area (Å²) < 4.78 is 87.7. The number of carbonyl (C=O) groups excluding carboxylic acids is 1. The molecule has 1 amide bonds. The molecule has 13 heteroatoms. The van der Waals surface area contributed by atoms with Crippen LogP contribution < -0.4 is 10.6 Å². The lowest BCUT2D eigenvalue weighted by atomic mass is 9.88. The number of nitrogens with one attached hydrogen (secondary N) is 2. The average molecular weight is 646 g/mol. The number of nitrogens with zero attached hydrogens (tertiary/aromatic N) is 3. The highest BCUT2D eigenvalue weighted by molar-refractivity contribution is 7.86. The molecule has 0 bridgehead atoms. The van der Waals surface area contributed by atoms with Gasteiger partial charge in [0.15, 0.2) is 0 Å². The van der Waals surface area contributed by atoms with Crippen molar-refractivity contribution in [3.63, 3.8) is 0 Å². The van der Waals surface area contributed by atoms with Crippen LogP contribution in [-0.4, -0.2) is 66.2 Å². The van der Waals surface area contributed by atoms with Gasteiger partial charge in [-0.15, -0.1) is 0 Å². The maximum atomic E-state index is 15.3. The second-order valence-corrected chi connectivity index (χ2v) is 14.0. The molecule has 6 rings (SSSR count). The second kappa shape index (κ2) is 12.8. The van der Waals surface area contributed by atoms with Crippen LogP contribution >= 0.6 is 0 Å². The largest absolute Gasteiger partial charge is 0.324 e. The SMILES string of the molecule is O=C(C[C@@H](c1ccc(F)cc1)c1cc(F)cc(F)c1)Nc1cncc(F)c1C[C@@H]1C[C@]12CNCCN2S(=O)(=O)N1CCCCC1. The zero-order chi connectivity index (χ0) is 31.8. The number of piperidine rings is 1. The molecule has 8 nitrogen and oxygen atoms in total. The summed E-state index contributed by atoms with van der Waals surface area (Å²) >= 11 is 0. The lowest BCUT2D eigenvalue weighted by molar-refractivity contribution is -0.116. The van der Waals surface area contributed by atoms with E-state index in [0.717, 1.165) is 43.7 Å². The van der Waals surface area contributed by atoms with E-state index in [1.165, 1.54) is 30.5 Å². The summed E-state index contributed by atoms with van der Waals surface area (Å²) in [7, 11) is -3.70. The quantitative estimate of drug-likeness (QED) is 0.328. The van der Waals surface area contributed by atoms with Gasteiger partial charge in [0.2, 0.25) is 5.91 Å². The van der Waals surface area contributed by atoms with Crippen LogP contribution in [0.25, 0.3) is 0 Å². The van der Waals surface area contributed by atoms with E-state index < -0.39 is 50.8 Å². The Morgan fingerprint density at radius 1 is 0.956 bits per heavy atom. The lowest BCUT2D eigenvalue weighted by Gasteiger charge is -2.40. The minimum atomic E-state index is -3.70. The van der Waals surface area contributed by atoms with Crippen LogP contribution in [0.1, 0.15) is 54.7 Å². The number of aromatic nitrogens is 1. The van der Waals surface area contributed by atoms with E-state index in [1.807, 2.05) is 0 Å². The van der Waals surface area contributed by atoms with Crippen molar-refractivity contribution in [3.05, 3.63) is 94.8 Å². The first-order valence-corrected chi connectivity index (χ1v) is 16.6. The summed E-state index contributed by atoms with van der Waals surface area (Å²) in [5, 5.41) is 6.03. The van der Waals surface area contributed by atoms with Gasteiger partial charge < -0.3 is 10.6 Å². The zero-order valence-corrected chi connectivity index (χ0v) is 25.4. The third-order valence-electron chi connectivity index (χ3n) is 9.22. The van der Waals surface area contributed by atoms with Crippen molar-refractivity contribution in [1.29, 1.82) is 0 Å². The molecule has 1 spiro atoms. The molecule has 2 saturated heterocycles. The molecule has 45 heavy (non-hydrogen) atoms. The highest BCUT2D eigenvalue weighted by atomic mass is 32.2. The van der Waals surface area contributed by atoms with E-state index in [-0.39, 0.29) is 35.6 Å². The van der Waals surface area contributed by atoms with Crippen molar-refractivity contribution in [2.45, 2.75) is 50.0 Å². The van der Waals surface area contributed by atoms with Gasteiger partial charge in [-0.05, 0) is 67.0 Å². The van der Waals surface area contributed by atoms with Crippen molar-refractivity contribution < 1.29 is 30.8 Å². The van der Waals surface area contributed by atoms with Gasteiger partial charge in [0.25, 0.3) is 10.2 Å². The van der Waals surface area contributed by atoms with Crippen LogP contribution in [0.3, 0.4) is 0 Å². The topological polar surface area (TPSA) is 94.6 Å². The van der Waals surface area contributed by atoms with Gasteiger partial charge in [-0.3, -0.25) is 9.78 Å². The molecule has 2 N–H and O–H groups in total. The second-order valence-electron chi connectivity index (χ2n) is 12.1. The molecule has 3 aromatic rings. The maximum absolute atomic E-state index is 15.3. The van der Waals surface area contributed by atoms with Crippen molar-refractivity contribution in [1.82, 2.24) is 18.9 Å². The normalized spacial score (nSPS) is 23.2. The third-order valence-corrected chi connectivity index (χ3v) is 11.3. The highest BCUT2D eigenvalue weighted by Gasteiger charge is 2.62. The molecule has 1 saturated carbocycles. The Bertz CT molecular complexity index is 1650. The van der Waals surface area contributed by atoms with Gasteiger partial charge in [-0.2, -0.15) is 17.0 Å². The van der Waals surface area contributed by atoms with Gasteiger partial charge in [-0.25, -0.2) is 17.6 Å². The Balaban J connectivity index is 1.22. The molecule has 3 fully saturated rings. The molecule has 2 aliphatic heterocycles. The Labute approximate surface area is 260 Å². The number of hydrogen-bond donors (Lipinski definition) is 2. The standard InChI is InChI=1S/C32H35F4N5O3S/c33-24-6-4-21(5-7-24)27(22-12-25(34)15-26(35)13-22)16-31(42)39-30-19-38-18-29(36)28(30)14-23-17-32(23)20-37-8-11-41(32)45(43,44)40-9-2-1-3-10-40/h4-7,12-13,15,18-19,23,27,37H,1-3,8-11,14,16-17,20H2,(H,39,42)/t23-,27+,32+/m1/s1. The number of piperazine rings is 1. The molecule has 240 valence electrons. The molecule has 3 atom stereocenters. The molecule has 0 unspecified atom stereocenters. The van der Waals surface area contributed by atoms with Crippen molar-refractivity contribution in [3.8, 4) is 0 Å². The summed E-state index contributed by atoms with van der Waals surface area (Å²) in [5.74, 6) is -4.36. The van der Waals surface area contributed by atoms with Gasteiger partial charge in [0, 0.05) is 56.7 Å². The fourth-order valence-corrected chi connectivity index (χ4v) is 8.91. The smallest absolute Gasteiger partial charge is 0.282 e. The number of hydrogen-bond acceptors (Lipinski definition) is 5. The molecule has 0 radical (unpaired) electrons. The number of carbonyl (C=O) groups is 1. The summed E-state index contributed by atoms with van der Waals surface area (Å²) in [6, 6.07) is 8.25. The fraction of sp³-hybridized carbons (Fsp3) is 0.438. The van der Waals surface area contributed by atoms with Gasteiger partial charge >= 0.3 is 0 Å². The maximum Gasteiger partial charge on any atom is 0.282 e. The van der Waals surface area contributed by atoms with E-state index in [9.17, 15) is 26.4 Å². The monoisotopic (exact) mass is 645 g/mol. The summed E-state index contributed by atoms with van der Waals surface area (Å²) in [4.78, 5) is 17.3. The van der Waals surface area contributed by atoms with E-state index in [1.54, 1.807) is 8.61 Å². The van der Waals surface area contributed by atoms with Crippen LogP contribution in [-0.2, 0) is 21.4 Å². The molecular formula is C32H35F4N5O3S. The molecule has 1 aliphatic carbocycles. The van der Waals surface area contributed by atoms with E-state index in [2.05, 4.69) is 15.6 Å². The number of anilines is 1. The summed E-state index contributed by atoms with van der Waals surface area (Å²) in [6.45, 7) is 2.27. The summed E-state index contributed by atoms with van der Waals surface area (Å²) in [5.41, 5.74) is 0.303. The minimum Gasteiger partial charge on any atom is -0.324 e. The predicted octanol–water partition coefficient (Wildman–Crippen LogP) is 4.74. The van der Waals surface area contributed by atoms with Crippen LogP contribution in [0, 0.1) is 29.2 Å². The first-order valence-electron chi connectivity index (χ1n) is 15.2. The predicted molar refractivity (Wildman–Crippen MR) is 161 cm³/mol. The van der Waals surface area contributed by atoms with Crippen LogP contribution in [0.2, 0.25) is 0 Å². The number of pyridine rings is 1. The molecule has 1 aromatic heterocycles. The Hall–Kier alpha value is -3.39. The van der Waals surface area contributed by atoms with E-state index in [4.69, 9.17) is 0 Å². The number of rotatable bonds is 9. The Morgan fingerprint density at radius 2 is 1.67 bits per heavy atom. The minimum absolute atomic E-state index is 0.138. The zero-order valence-electron chi connectivity index (χ0n) is 24.6. The molecular weight excluding hydrogens is 610 g/mol. The Morgan fingerprint density at radius 3 is 2.38 bits per heavy atom. The Kier molecular flexibility index (Phi) is 8.97. The van der Waals surface area contributed by atoms with Crippen LogP contribution in [0.15, 0.2) is 54.9 Å². The van der Waals surface area contributed by atoms with Crippen molar-refractivity contribution >= 4 is 21.8 Å². The first-order chi connectivity index (χ1) is 21.6. The molecule has 3 aliphatic rings. The molecule has 2 aromatic carbocycles. The number of benzene rings is 2. The van der Waals surface area contributed by atoms with Gasteiger partial charge in [0.1, 0.15) is 23.3 Å². The third kappa shape index (κ3) is 6.62. The van der Waals surface area contributed by atoms with E-state index in [0.29, 0.717) is 44.7 Å². The van der Waals surface area contributed by atoms with Gasteiger partial charge in [0.05, 0.1) is 23.6 Å². The van der Waals surface area contributed by atoms with Crippen molar-refractivity contribution in [2.24, 2.45) is 5.92 Å².